The van der Waals surface area contributed by atoms with E-state index in [0.717, 1.165) is 44.5 Å². The first kappa shape index (κ1) is 21.4. The third-order valence-electron chi connectivity index (χ3n) is 6.52. The Morgan fingerprint density at radius 1 is 1.09 bits per heavy atom. The third kappa shape index (κ3) is 4.28. The van der Waals surface area contributed by atoms with Crippen molar-refractivity contribution in [3.8, 4) is 0 Å². The summed E-state index contributed by atoms with van der Waals surface area (Å²) in [7, 11) is 1.34. The predicted molar refractivity (Wildman–Crippen MR) is 127 cm³/mol. The molecule has 0 bridgehead atoms. The van der Waals surface area contributed by atoms with Crippen LogP contribution >= 0.6 is 0 Å². The Morgan fingerprint density at radius 3 is 2.52 bits per heavy atom. The molecular formula is C24H28N6O3. The van der Waals surface area contributed by atoms with Gasteiger partial charge in [-0.2, -0.15) is 4.98 Å². The van der Waals surface area contributed by atoms with E-state index < -0.39 is 11.3 Å². The van der Waals surface area contributed by atoms with Crippen LogP contribution in [0.5, 0.6) is 0 Å². The van der Waals surface area contributed by atoms with Crippen LogP contribution in [0.25, 0.3) is 11.0 Å². The van der Waals surface area contributed by atoms with Gasteiger partial charge in [0.25, 0.3) is 5.91 Å². The Balaban J connectivity index is 1.49. The first-order chi connectivity index (χ1) is 16.1. The van der Waals surface area contributed by atoms with Crippen LogP contribution in [-0.4, -0.2) is 40.6 Å². The quantitative estimate of drug-likeness (QED) is 0.556. The molecule has 1 saturated carbocycles. The molecule has 9 nitrogen and oxygen atoms in total. The number of rotatable bonds is 6. The molecule has 0 spiro atoms. The summed E-state index contributed by atoms with van der Waals surface area (Å²) in [5.41, 5.74) is 4.49. The predicted octanol–water partition coefficient (Wildman–Crippen LogP) is 3.54. The number of pyridine rings is 1. The van der Waals surface area contributed by atoms with E-state index in [1.807, 2.05) is 16.7 Å². The van der Waals surface area contributed by atoms with Crippen LogP contribution in [0.4, 0.5) is 17.3 Å². The van der Waals surface area contributed by atoms with E-state index in [2.05, 4.69) is 37.8 Å². The van der Waals surface area contributed by atoms with Crippen LogP contribution in [0.15, 0.2) is 41.5 Å². The summed E-state index contributed by atoms with van der Waals surface area (Å²) in [6.45, 7) is 2.20. The second-order valence-electron chi connectivity index (χ2n) is 8.65. The molecule has 2 fully saturated rings. The van der Waals surface area contributed by atoms with Crippen molar-refractivity contribution in [2.24, 2.45) is 0 Å². The van der Waals surface area contributed by atoms with Gasteiger partial charge in [-0.25, -0.2) is 10.5 Å². The molecule has 172 valence electrons. The number of nitrogens with zero attached hydrogens (tertiary/aromatic N) is 4. The highest BCUT2D eigenvalue weighted by atomic mass is 16.6. The maximum Gasteiger partial charge on any atom is 0.280 e. The summed E-state index contributed by atoms with van der Waals surface area (Å²) in [6, 6.07) is 8.42. The van der Waals surface area contributed by atoms with Crippen LogP contribution in [0.2, 0.25) is 0 Å². The smallest absolute Gasteiger partial charge is 0.280 e. The van der Waals surface area contributed by atoms with Gasteiger partial charge in [-0.3, -0.25) is 14.4 Å². The average molecular weight is 449 g/mol. The molecule has 1 aromatic carbocycles. The van der Waals surface area contributed by atoms with Gasteiger partial charge in [-0.1, -0.05) is 12.8 Å². The highest BCUT2D eigenvalue weighted by molar-refractivity contribution is 5.96. The summed E-state index contributed by atoms with van der Waals surface area (Å²) < 4.78 is 1.96. The lowest BCUT2D eigenvalue weighted by Gasteiger charge is -2.19. The molecule has 5 rings (SSSR count). The Bertz CT molecular complexity index is 1210. The number of amides is 1. The number of anilines is 3. The van der Waals surface area contributed by atoms with Crippen molar-refractivity contribution in [2.45, 2.75) is 44.6 Å². The second-order valence-corrected chi connectivity index (χ2v) is 8.65. The van der Waals surface area contributed by atoms with Crippen molar-refractivity contribution in [3.63, 3.8) is 0 Å². The number of benzene rings is 1. The van der Waals surface area contributed by atoms with Gasteiger partial charge in [0, 0.05) is 42.9 Å². The standard InChI is InChI=1S/C24H28N6O3/c1-33-28-23(32)20-15-30(18-6-2-3-7-18)22-19(21(20)31)14-25-24(27-22)26-16-8-10-17(11-9-16)29-12-4-5-13-29/h8-11,14-15,18H,2-7,12-13H2,1H3,(H,28,32)(H,25,26,27). The molecule has 1 amide bonds. The van der Waals surface area contributed by atoms with Crippen molar-refractivity contribution in [1.82, 2.24) is 20.0 Å². The normalized spacial score (nSPS) is 16.5. The minimum Gasteiger partial charge on any atom is -0.372 e. The Labute approximate surface area is 191 Å². The SMILES string of the molecule is CONC(=O)c1cn(C2CCCC2)c2nc(Nc3ccc(N4CCCC4)cc3)ncc2c1=O. The van der Waals surface area contributed by atoms with E-state index in [9.17, 15) is 9.59 Å². The fourth-order valence-electron chi connectivity index (χ4n) is 4.82. The van der Waals surface area contributed by atoms with Crippen molar-refractivity contribution < 1.29 is 9.63 Å². The molecule has 0 radical (unpaired) electrons. The number of aromatic nitrogens is 3. The molecular weight excluding hydrogens is 420 g/mol. The second kappa shape index (κ2) is 9.19. The topological polar surface area (TPSA) is 101 Å². The van der Waals surface area contributed by atoms with Crippen molar-refractivity contribution in [2.75, 3.05) is 30.4 Å². The van der Waals surface area contributed by atoms with E-state index in [1.165, 1.54) is 31.8 Å². The number of carbonyl (C=O) groups is 1. The van der Waals surface area contributed by atoms with Crippen molar-refractivity contribution in [1.29, 1.82) is 0 Å². The van der Waals surface area contributed by atoms with Gasteiger partial charge in [0.05, 0.1) is 12.5 Å². The number of carbonyl (C=O) groups excluding carboxylic acids is 1. The fraction of sp³-hybridized carbons (Fsp3) is 0.417. The van der Waals surface area contributed by atoms with Gasteiger partial charge in [-0.15, -0.1) is 0 Å². The van der Waals surface area contributed by atoms with E-state index in [0.29, 0.717) is 17.0 Å². The van der Waals surface area contributed by atoms with Crippen molar-refractivity contribution >= 4 is 34.3 Å². The van der Waals surface area contributed by atoms with Gasteiger partial charge in [0.1, 0.15) is 11.2 Å². The average Bonchev–Trinajstić information content (AvgIpc) is 3.55. The molecule has 2 aromatic heterocycles. The molecule has 1 saturated heterocycles. The van der Waals surface area contributed by atoms with E-state index in [1.54, 1.807) is 6.20 Å². The third-order valence-corrected chi connectivity index (χ3v) is 6.52. The van der Waals surface area contributed by atoms with Crippen LogP contribution in [0, 0.1) is 0 Å². The minimum absolute atomic E-state index is 0.0260. The zero-order valence-corrected chi connectivity index (χ0v) is 18.7. The molecule has 1 aliphatic carbocycles. The summed E-state index contributed by atoms with van der Waals surface area (Å²) in [6.07, 6.45) is 9.76. The number of nitrogens with one attached hydrogen (secondary N) is 2. The largest absolute Gasteiger partial charge is 0.372 e. The lowest BCUT2D eigenvalue weighted by Crippen LogP contribution is -2.30. The van der Waals surface area contributed by atoms with Gasteiger partial charge < -0.3 is 14.8 Å². The summed E-state index contributed by atoms with van der Waals surface area (Å²) in [5, 5.41) is 3.57. The van der Waals surface area contributed by atoms with Crippen LogP contribution in [-0.2, 0) is 4.84 Å². The first-order valence-electron chi connectivity index (χ1n) is 11.5. The molecule has 9 heteroatoms. The summed E-state index contributed by atoms with van der Waals surface area (Å²) >= 11 is 0. The summed E-state index contributed by atoms with van der Waals surface area (Å²) in [4.78, 5) is 41.6. The molecule has 3 heterocycles. The Morgan fingerprint density at radius 2 is 1.82 bits per heavy atom. The first-order valence-corrected chi connectivity index (χ1v) is 11.5. The van der Waals surface area contributed by atoms with Crippen LogP contribution < -0.4 is 21.1 Å². The lowest BCUT2D eigenvalue weighted by atomic mass is 10.1. The number of fused-ring (bicyclic) bond motifs is 1. The molecule has 0 unspecified atom stereocenters. The molecule has 3 aromatic rings. The zero-order valence-electron chi connectivity index (χ0n) is 18.7. The molecule has 2 N–H and O–H groups in total. The monoisotopic (exact) mass is 448 g/mol. The number of hydrogen-bond donors (Lipinski definition) is 2. The molecule has 1 aliphatic heterocycles. The van der Waals surface area contributed by atoms with Crippen LogP contribution in [0.3, 0.4) is 0 Å². The van der Waals surface area contributed by atoms with E-state index in [4.69, 9.17) is 4.84 Å². The van der Waals surface area contributed by atoms with Crippen molar-refractivity contribution in [3.05, 3.63) is 52.4 Å². The van der Waals surface area contributed by atoms with Gasteiger partial charge in [0.15, 0.2) is 0 Å². The van der Waals surface area contributed by atoms with E-state index in [-0.39, 0.29) is 11.6 Å². The van der Waals surface area contributed by atoms with Gasteiger partial charge in [-0.05, 0) is 49.9 Å². The Kier molecular flexibility index (Phi) is 5.95. The number of hydrogen-bond acceptors (Lipinski definition) is 7. The maximum atomic E-state index is 13.0. The Hall–Kier alpha value is -3.46. The van der Waals surface area contributed by atoms with Gasteiger partial charge in [0.2, 0.25) is 11.4 Å². The highest BCUT2D eigenvalue weighted by Gasteiger charge is 2.23. The fourth-order valence-corrected chi connectivity index (χ4v) is 4.82. The molecule has 0 atom stereocenters. The molecule has 33 heavy (non-hydrogen) atoms. The summed E-state index contributed by atoms with van der Waals surface area (Å²) in [5.74, 6) is -0.159. The van der Waals surface area contributed by atoms with Gasteiger partial charge >= 0.3 is 0 Å². The minimum atomic E-state index is -0.573. The lowest BCUT2D eigenvalue weighted by molar-refractivity contribution is 0.0536. The molecule has 2 aliphatic rings. The maximum absolute atomic E-state index is 13.0. The van der Waals surface area contributed by atoms with E-state index >= 15 is 0 Å². The number of hydroxylamine groups is 1. The highest BCUT2D eigenvalue weighted by Crippen LogP contribution is 2.31. The zero-order chi connectivity index (χ0) is 22.8. The van der Waals surface area contributed by atoms with Crippen LogP contribution in [0.1, 0.15) is 54.9 Å².